The van der Waals surface area contributed by atoms with Crippen LogP contribution in [-0.4, -0.2) is 44.1 Å². The summed E-state index contributed by atoms with van der Waals surface area (Å²) in [4.78, 5) is 14.7. The summed E-state index contributed by atoms with van der Waals surface area (Å²) in [6.45, 7) is 43.1. The van der Waals surface area contributed by atoms with Crippen LogP contribution in [0.3, 0.4) is 0 Å². The molecule has 0 atom stereocenters. The molecule has 5 heterocycles. The van der Waals surface area contributed by atoms with Crippen LogP contribution in [0.4, 0.5) is 0 Å². The van der Waals surface area contributed by atoms with Gasteiger partial charge in [0.2, 0.25) is 0 Å². The highest BCUT2D eigenvalue weighted by Gasteiger charge is 2.11. The Morgan fingerprint density at radius 2 is 1.07 bits per heavy atom. The lowest BCUT2D eigenvalue weighted by Crippen LogP contribution is -2.00. The van der Waals surface area contributed by atoms with Gasteiger partial charge in [0.15, 0.2) is 0 Å². The summed E-state index contributed by atoms with van der Waals surface area (Å²) >= 11 is 5.14. The average molecular weight is 814 g/mol. The Bertz CT molecular complexity index is 1310. The van der Waals surface area contributed by atoms with Gasteiger partial charge in [-0.25, -0.2) is 19.6 Å². The largest absolute Gasteiger partial charge is 0.270 e. The van der Waals surface area contributed by atoms with Crippen molar-refractivity contribution in [3.05, 3.63) is 72.8 Å². The van der Waals surface area contributed by atoms with E-state index in [0.717, 1.165) is 16.5 Å². The van der Waals surface area contributed by atoms with E-state index in [-0.39, 0.29) is 0 Å². The van der Waals surface area contributed by atoms with Crippen molar-refractivity contribution in [1.82, 2.24) is 44.1 Å². The van der Waals surface area contributed by atoms with Gasteiger partial charge in [0.05, 0.1) is 27.6 Å². The molecule has 5 rings (SSSR count). The first-order chi connectivity index (χ1) is 25.5. The highest BCUT2D eigenvalue weighted by Crippen LogP contribution is 2.26. The highest BCUT2D eigenvalue weighted by atomic mass is 32.1. The van der Waals surface area contributed by atoms with E-state index in [1.165, 1.54) is 37.7 Å². The molecular weight excluding hydrogens is 739 g/mol. The van der Waals surface area contributed by atoms with E-state index in [0.29, 0.717) is 59.4 Å². The Hall–Kier alpha value is -2.83. The molecule has 0 fully saturated rings. The molecule has 5 aromatic heterocycles. The fourth-order valence-corrected chi connectivity index (χ4v) is 6.83. The van der Waals surface area contributed by atoms with Gasteiger partial charge in [-0.1, -0.05) is 116 Å². The van der Waals surface area contributed by atoms with Crippen molar-refractivity contribution in [2.24, 2.45) is 0 Å². The zero-order valence-corrected chi connectivity index (χ0v) is 40.4. The molecule has 0 aliphatic heterocycles. The highest BCUT2D eigenvalue weighted by molar-refractivity contribution is 7.11. The van der Waals surface area contributed by atoms with Gasteiger partial charge in [-0.2, -0.15) is 9.47 Å². The van der Waals surface area contributed by atoms with Gasteiger partial charge in [-0.3, -0.25) is 4.68 Å². The number of hydrogen-bond acceptors (Lipinski definition) is 10. The van der Waals surface area contributed by atoms with E-state index in [1.54, 1.807) is 11.3 Å². The number of nitrogens with zero attached hydrogens (tertiary/aromatic N) is 9. The Morgan fingerprint density at radius 3 is 1.35 bits per heavy atom. The SMILES string of the molecule is CC(C)c1cn(C(C)C)nn1.CC(C)c1cnc(C(C)C)s1.CC(C)c1cnn(C(C)C)c1.CC(C)c1csc(C(C)C)n1.CC(C)c1nsc(C(C)C)n1. The van der Waals surface area contributed by atoms with Crippen LogP contribution in [-0.2, 0) is 0 Å². The molecule has 0 N–H and O–H groups in total. The fraction of sp³-hybridized carbons (Fsp3) is 0.698. The van der Waals surface area contributed by atoms with Crippen LogP contribution in [0.5, 0.6) is 0 Å². The van der Waals surface area contributed by atoms with Gasteiger partial charge in [-0.15, -0.1) is 27.8 Å². The summed E-state index contributed by atoms with van der Waals surface area (Å²) < 4.78 is 8.15. The van der Waals surface area contributed by atoms with Crippen LogP contribution in [0.1, 0.15) is 241 Å². The molecule has 0 saturated carbocycles. The van der Waals surface area contributed by atoms with E-state index < -0.39 is 0 Å². The van der Waals surface area contributed by atoms with Crippen LogP contribution < -0.4 is 0 Å². The van der Waals surface area contributed by atoms with Gasteiger partial charge in [-0.05, 0) is 68.5 Å². The van der Waals surface area contributed by atoms with E-state index in [2.05, 4.69) is 185 Å². The molecule has 55 heavy (non-hydrogen) atoms. The van der Waals surface area contributed by atoms with Crippen molar-refractivity contribution in [3.8, 4) is 0 Å². The molecule has 0 radical (unpaired) electrons. The van der Waals surface area contributed by atoms with Crippen LogP contribution in [0.15, 0.2) is 30.2 Å². The quantitative estimate of drug-likeness (QED) is 0.138. The zero-order valence-electron chi connectivity index (χ0n) is 37.9. The molecule has 0 bridgehead atoms. The number of thiazole rings is 2. The fourth-order valence-electron chi connectivity index (χ4n) is 4.12. The topological polar surface area (TPSA) is 100 Å². The molecule has 9 nitrogen and oxygen atoms in total. The molecule has 0 aliphatic carbocycles. The van der Waals surface area contributed by atoms with E-state index in [1.807, 2.05) is 39.3 Å². The summed E-state index contributed by atoms with van der Waals surface area (Å²) in [5.41, 5.74) is 3.62. The van der Waals surface area contributed by atoms with E-state index in [9.17, 15) is 0 Å². The lowest BCUT2D eigenvalue weighted by molar-refractivity contribution is 0.514. The molecule has 0 unspecified atom stereocenters. The van der Waals surface area contributed by atoms with Crippen LogP contribution in [0.2, 0.25) is 0 Å². The standard InChI is InChI=1S/C9H16N2.2C9H15NS.C8H15N3.C8H14N2S/c1-7(2)9-5-10-11(6-9)8(3)4;1-6(2)8-5-11-9(10-8)7(3)4;1-6(2)8-5-10-9(11-8)7(3)4;1-6(2)8-5-11(7(3)4)10-9-8;1-5(2)7-9-8(6(3)4)11-10-7/h5-8H,1-4H3;3*5-7H,1-4H3;5-6H,1-4H3. The molecule has 0 amide bonds. The maximum Gasteiger partial charge on any atom is 0.145 e. The Morgan fingerprint density at radius 1 is 0.509 bits per heavy atom. The second kappa shape index (κ2) is 24.7. The van der Waals surface area contributed by atoms with Gasteiger partial charge < -0.3 is 0 Å². The smallest absolute Gasteiger partial charge is 0.145 e. The molecule has 310 valence electrons. The molecule has 0 spiro atoms. The maximum absolute atomic E-state index is 4.53. The normalized spacial score (nSPS) is 11.5. The third-order valence-electron chi connectivity index (χ3n) is 8.16. The van der Waals surface area contributed by atoms with Crippen molar-refractivity contribution in [1.29, 1.82) is 0 Å². The third-order valence-corrected chi connectivity index (χ3v) is 12.0. The Balaban J connectivity index is 0.000000344. The van der Waals surface area contributed by atoms with Gasteiger partial charge in [0, 0.05) is 64.6 Å². The lowest BCUT2D eigenvalue weighted by atomic mass is 10.1. The minimum atomic E-state index is 0.412. The van der Waals surface area contributed by atoms with Crippen molar-refractivity contribution in [3.63, 3.8) is 0 Å². The van der Waals surface area contributed by atoms with Gasteiger partial charge in [0.25, 0.3) is 0 Å². The van der Waals surface area contributed by atoms with Gasteiger partial charge in [0.1, 0.15) is 10.8 Å². The first-order valence-corrected chi connectivity index (χ1v) is 22.7. The number of hydrogen-bond donors (Lipinski definition) is 0. The molecule has 5 aromatic rings. The molecule has 12 heteroatoms. The summed E-state index contributed by atoms with van der Waals surface area (Å²) in [6, 6.07) is 0.887. The van der Waals surface area contributed by atoms with Crippen molar-refractivity contribution >= 4 is 34.2 Å². The second-order valence-electron chi connectivity index (χ2n) is 17.0. The Labute approximate surface area is 347 Å². The molecule has 0 aromatic carbocycles. The summed E-state index contributed by atoms with van der Waals surface area (Å²) in [7, 11) is 0. The predicted molar refractivity (Wildman–Crippen MR) is 240 cm³/mol. The first kappa shape index (κ1) is 50.2. The van der Waals surface area contributed by atoms with Gasteiger partial charge >= 0.3 is 0 Å². The average Bonchev–Trinajstić information content (AvgIpc) is 3.95. The summed E-state index contributed by atoms with van der Waals surface area (Å²) in [5, 5.41) is 18.1. The first-order valence-electron chi connectivity index (χ1n) is 20.2. The zero-order chi connectivity index (χ0) is 42.2. The number of rotatable bonds is 10. The van der Waals surface area contributed by atoms with Crippen LogP contribution >= 0.6 is 34.2 Å². The summed E-state index contributed by atoms with van der Waals surface area (Å²) in [5.74, 6) is 5.36. The third kappa shape index (κ3) is 18.3. The van der Waals surface area contributed by atoms with E-state index >= 15 is 0 Å². The molecular formula is C43H75N9S3. The molecule has 0 aliphatic rings. The second-order valence-corrected chi connectivity index (χ2v) is 19.8. The lowest BCUT2D eigenvalue weighted by Gasteiger charge is -2.03. The van der Waals surface area contributed by atoms with E-state index in [4.69, 9.17) is 0 Å². The predicted octanol–water partition coefficient (Wildman–Crippen LogP) is 14.1. The van der Waals surface area contributed by atoms with Crippen molar-refractivity contribution < 1.29 is 0 Å². The minimum Gasteiger partial charge on any atom is -0.270 e. The minimum absolute atomic E-state index is 0.412. The Kier molecular flexibility index (Phi) is 22.6. The maximum atomic E-state index is 4.53. The van der Waals surface area contributed by atoms with Crippen LogP contribution in [0.25, 0.3) is 0 Å². The molecule has 0 saturated heterocycles. The van der Waals surface area contributed by atoms with Crippen molar-refractivity contribution in [2.45, 2.75) is 198 Å². The van der Waals surface area contributed by atoms with Crippen molar-refractivity contribution in [2.75, 3.05) is 0 Å². The monoisotopic (exact) mass is 814 g/mol. The number of aromatic nitrogens is 9. The van der Waals surface area contributed by atoms with Crippen LogP contribution in [0, 0.1) is 0 Å². The summed E-state index contributed by atoms with van der Waals surface area (Å²) in [6.07, 6.45) is 8.08.